The van der Waals surface area contributed by atoms with E-state index in [2.05, 4.69) is 65.5 Å². The molecule has 13 heteroatoms. The third-order valence-electron chi connectivity index (χ3n) is 8.10. The molecule has 311 valence electrons. The summed E-state index contributed by atoms with van der Waals surface area (Å²) in [6, 6.07) is 0. The van der Waals surface area contributed by atoms with Gasteiger partial charge in [0.15, 0.2) is 0 Å². The second-order valence-corrected chi connectivity index (χ2v) is 24.7. The maximum absolute atomic E-state index is 5.59. The summed E-state index contributed by atoms with van der Waals surface area (Å²) in [5, 5.41) is 6.97. The second-order valence-electron chi connectivity index (χ2n) is 11.8. The zero-order valence-corrected chi connectivity index (χ0v) is 40.7. The van der Waals surface area contributed by atoms with Crippen LogP contribution in [0.15, 0.2) is 0 Å². The zero-order chi connectivity index (χ0) is 38.5. The van der Waals surface area contributed by atoms with Gasteiger partial charge >= 0.3 is 26.8 Å². The van der Waals surface area contributed by atoms with Gasteiger partial charge in [0.2, 0.25) is 0 Å². The predicted octanol–water partition coefficient (Wildman–Crippen LogP) is 7.05. The molecule has 0 aromatic rings. The first-order valence-electron chi connectivity index (χ1n) is 20.1. The Morgan fingerprint density at radius 1 is 0.275 bits per heavy atom. The molecule has 0 aromatic heterocycles. The summed E-state index contributed by atoms with van der Waals surface area (Å²) in [5.41, 5.74) is 0. The molecule has 8 nitrogen and oxygen atoms in total. The van der Waals surface area contributed by atoms with E-state index in [-0.39, 0.29) is 48.5 Å². The molecule has 0 fully saturated rings. The van der Waals surface area contributed by atoms with E-state index in [4.69, 9.17) is 37.9 Å². The molecule has 0 aliphatic heterocycles. The zero-order valence-electron chi connectivity index (χ0n) is 34.9. The van der Waals surface area contributed by atoms with E-state index in [1.165, 1.54) is 73.9 Å². The van der Waals surface area contributed by atoms with E-state index in [0.29, 0.717) is 0 Å². The van der Waals surface area contributed by atoms with E-state index in [0.717, 1.165) is 106 Å². The summed E-state index contributed by atoms with van der Waals surface area (Å²) < 4.78 is 44.7. The number of ether oxygens (including phenoxy) is 8. The molecule has 0 radical (unpaired) electrons. The van der Waals surface area contributed by atoms with Crippen molar-refractivity contribution < 1.29 is 54.7 Å². The van der Waals surface area contributed by atoms with Crippen molar-refractivity contribution in [2.75, 3.05) is 180 Å². The normalized spacial score (nSPS) is 11.3. The number of hydrogen-bond donors (Lipinski definition) is 0. The standard InChI is InChI=1S/2C18H40O4P2.2CH2.Tc/c2*1-5-19-9-13-23(14-10-20-6-2)17-18-24(15-11-21-7-3)16-12-22-8-4;;;/h2*5-18H2,1-4H3;2*1H2;/p+4. The van der Waals surface area contributed by atoms with Crippen molar-refractivity contribution in [1.29, 1.82) is 0 Å². The summed E-state index contributed by atoms with van der Waals surface area (Å²) in [6.45, 7) is 30.7. The van der Waals surface area contributed by atoms with E-state index >= 15 is 0 Å². The molecule has 0 amide bonds. The van der Waals surface area contributed by atoms with Crippen LogP contribution < -0.4 is 0 Å². The predicted molar refractivity (Wildman–Crippen MR) is 238 cm³/mol. The first kappa shape index (κ1) is 57.1. The topological polar surface area (TPSA) is 73.8 Å². The second kappa shape index (κ2) is 51.8. The molecule has 0 atom stereocenters. The Labute approximate surface area is 330 Å². The van der Waals surface area contributed by atoms with Gasteiger partial charge in [-0.3, -0.25) is 0 Å². The van der Waals surface area contributed by atoms with Gasteiger partial charge in [-0.1, -0.05) is 0 Å². The molecule has 0 unspecified atom stereocenters. The SMILES string of the molecule is CCOCC[PH+](CCOCC)CC[PH+](CCOCC)CCOCC.CCOCC[PH+](CCOCC)CC[PH+](CCOCC)CCOCC.[CH2]=[Tc]=[CH2]. The molecule has 0 heterocycles. The minimum absolute atomic E-state index is 0.0900. The Morgan fingerprint density at radius 2 is 0.392 bits per heavy atom. The summed E-state index contributed by atoms with van der Waals surface area (Å²) in [4.78, 5) is 0. The quantitative estimate of drug-likeness (QED) is 0.0483. The van der Waals surface area contributed by atoms with Crippen LogP contribution in [0.1, 0.15) is 55.4 Å². The number of hydrogen-bond acceptors (Lipinski definition) is 8. The first-order valence-corrected chi connectivity index (χ1v) is 31.2. The summed E-state index contributed by atoms with van der Waals surface area (Å²) in [7, 11) is -1.40. The van der Waals surface area contributed by atoms with Crippen molar-refractivity contribution in [3.63, 3.8) is 0 Å². The fourth-order valence-electron chi connectivity index (χ4n) is 5.09. The van der Waals surface area contributed by atoms with Crippen LogP contribution in [0.25, 0.3) is 0 Å². The van der Waals surface area contributed by atoms with Gasteiger partial charge in [0.1, 0.15) is 0 Å². The van der Waals surface area contributed by atoms with Crippen molar-refractivity contribution in [1.82, 2.24) is 0 Å². The molecule has 0 spiro atoms. The molecule has 0 bridgehead atoms. The van der Waals surface area contributed by atoms with Gasteiger partial charge in [-0.15, -0.1) is 0 Å². The molecule has 0 aliphatic rings. The van der Waals surface area contributed by atoms with Gasteiger partial charge in [0, 0.05) is 84.5 Å². The van der Waals surface area contributed by atoms with E-state index in [1.54, 1.807) is 0 Å². The Balaban J connectivity index is -0.000000838. The van der Waals surface area contributed by atoms with Crippen LogP contribution in [0.3, 0.4) is 0 Å². The van der Waals surface area contributed by atoms with Crippen molar-refractivity contribution >= 4 is 41.7 Å². The Hall–Kier alpha value is 1.79. The van der Waals surface area contributed by atoms with Crippen LogP contribution in [0.5, 0.6) is 0 Å². The molecule has 0 aliphatic carbocycles. The van der Waals surface area contributed by atoms with Crippen LogP contribution in [-0.4, -0.2) is 190 Å². The molecular weight excluding hydrogens is 806 g/mol. The molecule has 0 rings (SSSR count). The summed E-state index contributed by atoms with van der Waals surface area (Å²) >= 11 is 0.0900. The third-order valence-corrected chi connectivity index (χ3v) is 20.2. The van der Waals surface area contributed by atoms with Crippen molar-refractivity contribution in [3.8, 4) is 0 Å². The minimum atomic E-state index is -0.351. The molecule has 0 saturated carbocycles. The van der Waals surface area contributed by atoms with Gasteiger partial charge < -0.3 is 37.9 Å². The van der Waals surface area contributed by atoms with Gasteiger partial charge in [-0.25, -0.2) is 0 Å². The fraction of sp³-hybridized carbons (Fsp3) is 0.947. The van der Waals surface area contributed by atoms with Gasteiger partial charge in [-0.05, 0) is 55.4 Å². The molecule has 51 heavy (non-hydrogen) atoms. The molecular formula is C38H88O8P4Tc+4. The average Bonchev–Trinajstić information content (AvgIpc) is 3.13. The van der Waals surface area contributed by atoms with Crippen molar-refractivity contribution in [2.24, 2.45) is 0 Å². The van der Waals surface area contributed by atoms with Crippen molar-refractivity contribution in [3.05, 3.63) is 0 Å². The summed E-state index contributed by atoms with van der Waals surface area (Å²) in [6.07, 6.45) is 15.7. The average molecular weight is 895 g/mol. The van der Waals surface area contributed by atoms with Crippen LogP contribution in [-0.2, 0) is 54.7 Å². The van der Waals surface area contributed by atoms with E-state index in [9.17, 15) is 0 Å². The van der Waals surface area contributed by atoms with Crippen LogP contribution in [0, 0.1) is 0 Å². The summed E-state index contributed by atoms with van der Waals surface area (Å²) in [5.74, 6) is 0. The Morgan fingerprint density at radius 3 is 0.490 bits per heavy atom. The fourth-order valence-corrected chi connectivity index (χ4v) is 17.2. The van der Waals surface area contributed by atoms with Crippen LogP contribution >= 0.6 is 31.7 Å². The molecule has 0 saturated heterocycles. The van der Waals surface area contributed by atoms with Gasteiger partial charge in [0.25, 0.3) is 0 Å². The van der Waals surface area contributed by atoms with Crippen LogP contribution in [0.2, 0.25) is 0 Å². The van der Waals surface area contributed by atoms with Crippen LogP contribution in [0.4, 0.5) is 0 Å². The Bertz CT molecular complexity index is 533. The van der Waals surface area contributed by atoms with E-state index in [1.807, 2.05) is 0 Å². The monoisotopic (exact) mass is 893 g/mol. The van der Waals surface area contributed by atoms with Gasteiger partial charge in [-0.2, -0.15) is 0 Å². The van der Waals surface area contributed by atoms with E-state index < -0.39 is 0 Å². The molecule has 0 N–H and O–H groups in total. The maximum atomic E-state index is 5.59. The number of rotatable bonds is 38. The van der Waals surface area contributed by atoms with Gasteiger partial charge in [0.05, 0.1) is 127 Å². The third kappa shape index (κ3) is 47.9. The first-order chi connectivity index (χ1) is 25.0. The van der Waals surface area contributed by atoms with Crippen molar-refractivity contribution in [2.45, 2.75) is 55.4 Å². The Kier molecular flexibility index (Phi) is 58.0. The molecule has 0 aromatic carbocycles.